The number of imidazole rings is 1. The van der Waals surface area contributed by atoms with Crippen LogP contribution in [0.5, 0.6) is 0 Å². The first-order valence-electron chi connectivity index (χ1n) is 9.35. The molecule has 1 aliphatic heterocycles. The second-order valence-corrected chi connectivity index (χ2v) is 7.57. The normalized spacial score (nSPS) is 27.7. The van der Waals surface area contributed by atoms with Gasteiger partial charge in [0, 0.05) is 25.5 Å². The number of amides is 1. The Bertz CT molecular complexity index is 973. The van der Waals surface area contributed by atoms with Crippen molar-refractivity contribution in [1.29, 1.82) is 0 Å². The van der Waals surface area contributed by atoms with Gasteiger partial charge in [0.1, 0.15) is 5.69 Å². The fourth-order valence-electron chi connectivity index (χ4n) is 4.69. The molecule has 2 aliphatic rings. The number of aliphatic hydroxyl groups is 1. The van der Waals surface area contributed by atoms with Gasteiger partial charge in [0.25, 0.3) is 5.91 Å². The summed E-state index contributed by atoms with van der Waals surface area (Å²) in [6.45, 7) is 1.38. The summed E-state index contributed by atoms with van der Waals surface area (Å²) in [6.07, 6.45) is 7.56. The van der Waals surface area contributed by atoms with Gasteiger partial charge in [-0.2, -0.15) is 0 Å². The number of aliphatic hydroxyl groups excluding tert-OH is 1. The monoisotopic (exact) mass is 363 g/mol. The Morgan fingerprint density at radius 2 is 1.89 bits per heavy atom. The van der Waals surface area contributed by atoms with E-state index in [0.29, 0.717) is 37.0 Å². The number of fused-ring (bicyclic) bond motifs is 2. The van der Waals surface area contributed by atoms with Crippen molar-refractivity contribution in [1.82, 2.24) is 24.4 Å². The number of para-hydroxylation sites is 2. The molecule has 2 fully saturated rings. The highest BCUT2D eigenvalue weighted by Crippen LogP contribution is 2.42. The van der Waals surface area contributed by atoms with Crippen molar-refractivity contribution in [2.24, 2.45) is 11.8 Å². The molecule has 3 heterocycles. The highest BCUT2D eigenvalue weighted by molar-refractivity contribution is 5.92. The summed E-state index contributed by atoms with van der Waals surface area (Å²) in [5.41, 5.74) is 2.37. The third kappa shape index (κ3) is 2.78. The first-order chi connectivity index (χ1) is 13.2. The summed E-state index contributed by atoms with van der Waals surface area (Å²) < 4.78 is 2.10. The molecule has 1 amide bonds. The number of aromatic nitrogens is 4. The molecule has 7 heteroatoms. The summed E-state index contributed by atoms with van der Waals surface area (Å²) in [7, 11) is 0. The van der Waals surface area contributed by atoms with Gasteiger partial charge in [0.2, 0.25) is 0 Å². The van der Waals surface area contributed by atoms with Crippen LogP contribution in [-0.4, -0.2) is 54.6 Å². The Morgan fingerprint density at radius 3 is 2.70 bits per heavy atom. The van der Waals surface area contributed by atoms with Crippen molar-refractivity contribution in [3.05, 3.63) is 54.9 Å². The number of carbonyl (C=O) groups excluding carboxylic acids is 1. The molecule has 0 bridgehead atoms. The minimum atomic E-state index is -0.435. The number of likely N-dealkylation sites (tertiary alicyclic amines) is 1. The smallest absolute Gasteiger partial charge is 0.274 e. The molecular formula is C20H21N5O2. The third-order valence-corrected chi connectivity index (χ3v) is 6.02. The van der Waals surface area contributed by atoms with Crippen LogP contribution in [0.3, 0.4) is 0 Å². The van der Waals surface area contributed by atoms with Gasteiger partial charge in [-0.15, -0.1) is 0 Å². The molecular weight excluding hydrogens is 342 g/mol. The van der Waals surface area contributed by atoms with E-state index < -0.39 is 6.10 Å². The van der Waals surface area contributed by atoms with Gasteiger partial charge in [-0.25, -0.2) is 9.97 Å². The number of rotatable bonds is 2. The van der Waals surface area contributed by atoms with Crippen LogP contribution >= 0.6 is 0 Å². The van der Waals surface area contributed by atoms with E-state index in [1.165, 1.54) is 6.20 Å². The van der Waals surface area contributed by atoms with Gasteiger partial charge in [-0.05, 0) is 36.8 Å². The zero-order chi connectivity index (χ0) is 18.4. The lowest BCUT2D eigenvalue weighted by molar-refractivity contribution is 0.0374. The molecule has 7 nitrogen and oxygen atoms in total. The molecule has 1 saturated heterocycles. The zero-order valence-corrected chi connectivity index (χ0v) is 14.8. The third-order valence-electron chi connectivity index (χ3n) is 6.02. The maximum atomic E-state index is 12.7. The summed E-state index contributed by atoms with van der Waals surface area (Å²) in [6, 6.07) is 7.99. The van der Waals surface area contributed by atoms with Gasteiger partial charge in [0.05, 0.1) is 35.7 Å². The Morgan fingerprint density at radius 1 is 1.07 bits per heavy atom. The van der Waals surface area contributed by atoms with Crippen LogP contribution in [0.1, 0.15) is 29.4 Å². The van der Waals surface area contributed by atoms with Crippen molar-refractivity contribution in [3.63, 3.8) is 0 Å². The average molecular weight is 363 g/mol. The van der Waals surface area contributed by atoms with Gasteiger partial charge in [0.15, 0.2) is 0 Å². The maximum Gasteiger partial charge on any atom is 0.274 e. The van der Waals surface area contributed by atoms with Crippen molar-refractivity contribution < 1.29 is 9.90 Å². The highest BCUT2D eigenvalue weighted by Gasteiger charge is 2.44. The molecule has 27 heavy (non-hydrogen) atoms. The standard InChI is InChI=1S/C20H21N5O2/c26-19-8-14-11-24(20(27)16-9-21-5-6-22-16)10-13(14)7-18(19)25-12-23-15-3-1-2-4-17(15)25/h1-6,9,12-14,18-19,26H,7-8,10-11H2/t13-,14+,18-,19-/m1/s1. The quantitative estimate of drug-likeness (QED) is 0.752. The molecule has 2 aromatic heterocycles. The van der Waals surface area contributed by atoms with Gasteiger partial charge in [-0.1, -0.05) is 12.1 Å². The van der Waals surface area contributed by atoms with E-state index in [0.717, 1.165) is 17.5 Å². The van der Waals surface area contributed by atoms with Crippen molar-refractivity contribution in [3.8, 4) is 0 Å². The van der Waals surface area contributed by atoms with Crippen molar-refractivity contribution in [2.75, 3.05) is 13.1 Å². The second-order valence-electron chi connectivity index (χ2n) is 7.57. The number of hydrogen-bond acceptors (Lipinski definition) is 5. The lowest BCUT2D eigenvalue weighted by Gasteiger charge is -2.36. The summed E-state index contributed by atoms with van der Waals surface area (Å²) >= 11 is 0. The molecule has 138 valence electrons. The Hall–Kier alpha value is -2.80. The minimum absolute atomic E-state index is 0.00906. The van der Waals surface area contributed by atoms with E-state index in [4.69, 9.17) is 0 Å². The summed E-state index contributed by atoms with van der Waals surface area (Å²) in [5, 5.41) is 10.8. The van der Waals surface area contributed by atoms with E-state index in [2.05, 4.69) is 19.5 Å². The molecule has 1 N–H and O–H groups in total. The van der Waals surface area contributed by atoms with Crippen molar-refractivity contribution in [2.45, 2.75) is 25.0 Å². The molecule has 0 spiro atoms. The largest absolute Gasteiger partial charge is 0.391 e. The van der Waals surface area contributed by atoms with E-state index in [1.807, 2.05) is 35.5 Å². The first-order valence-corrected chi connectivity index (χ1v) is 9.35. The average Bonchev–Trinajstić information content (AvgIpc) is 3.31. The molecule has 3 aromatic rings. The molecule has 1 saturated carbocycles. The molecule has 0 radical (unpaired) electrons. The first kappa shape index (κ1) is 16.4. The van der Waals surface area contributed by atoms with Crippen LogP contribution < -0.4 is 0 Å². The predicted octanol–water partition coefficient (Wildman–Crippen LogP) is 1.91. The van der Waals surface area contributed by atoms with Crippen LogP contribution in [-0.2, 0) is 0 Å². The Labute approximate surface area is 156 Å². The summed E-state index contributed by atoms with van der Waals surface area (Å²) in [4.78, 5) is 27.2. The molecule has 1 aromatic carbocycles. The number of benzene rings is 1. The second kappa shape index (κ2) is 6.42. The van der Waals surface area contributed by atoms with Crippen LogP contribution in [0.15, 0.2) is 49.2 Å². The van der Waals surface area contributed by atoms with E-state index in [-0.39, 0.29) is 11.9 Å². The van der Waals surface area contributed by atoms with Crippen LogP contribution in [0.2, 0.25) is 0 Å². The SMILES string of the molecule is O=C(c1cnccn1)N1C[C@H]2C[C@@H](n3cnc4ccccc43)[C@H](O)C[C@H]2C1. The van der Waals surface area contributed by atoms with Crippen LogP contribution in [0.4, 0.5) is 0 Å². The summed E-state index contributed by atoms with van der Waals surface area (Å²) in [5.74, 6) is 0.628. The fourth-order valence-corrected chi connectivity index (χ4v) is 4.69. The topological polar surface area (TPSA) is 84.1 Å². The Balaban J connectivity index is 1.37. The minimum Gasteiger partial charge on any atom is -0.391 e. The number of hydrogen-bond donors (Lipinski definition) is 1. The maximum absolute atomic E-state index is 12.7. The molecule has 5 rings (SSSR count). The van der Waals surface area contributed by atoms with E-state index in [9.17, 15) is 9.90 Å². The van der Waals surface area contributed by atoms with E-state index >= 15 is 0 Å². The lowest BCUT2D eigenvalue weighted by atomic mass is 9.77. The van der Waals surface area contributed by atoms with Gasteiger partial charge < -0.3 is 14.6 Å². The fraction of sp³-hybridized carbons (Fsp3) is 0.400. The van der Waals surface area contributed by atoms with Crippen molar-refractivity contribution >= 4 is 16.9 Å². The van der Waals surface area contributed by atoms with Gasteiger partial charge in [-0.3, -0.25) is 9.78 Å². The highest BCUT2D eigenvalue weighted by atomic mass is 16.3. The van der Waals surface area contributed by atoms with Crippen LogP contribution in [0, 0.1) is 11.8 Å². The van der Waals surface area contributed by atoms with Crippen LogP contribution in [0.25, 0.3) is 11.0 Å². The lowest BCUT2D eigenvalue weighted by Crippen LogP contribution is -2.36. The molecule has 0 unspecified atom stereocenters. The number of carbonyl (C=O) groups is 1. The molecule has 4 atom stereocenters. The molecule has 1 aliphatic carbocycles. The number of nitrogens with zero attached hydrogens (tertiary/aromatic N) is 5. The van der Waals surface area contributed by atoms with E-state index in [1.54, 1.807) is 12.4 Å². The van der Waals surface area contributed by atoms with Gasteiger partial charge >= 0.3 is 0 Å². The zero-order valence-electron chi connectivity index (χ0n) is 14.8. The predicted molar refractivity (Wildman–Crippen MR) is 98.9 cm³/mol. The Kier molecular flexibility index (Phi) is 3.89.